The van der Waals surface area contributed by atoms with Gasteiger partial charge in [0.2, 0.25) is 0 Å². The molecule has 0 aliphatic heterocycles. The van der Waals surface area contributed by atoms with Crippen LogP contribution in [0.4, 0.5) is 4.79 Å². The van der Waals surface area contributed by atoms with Gasteiger partial charge in [-0.2, -0.15) is 0 Å². The molecule has 0 heterocycles. The van der Waals surface area contributed by atoms with Crippen molar-refractivity contribution in [2.45, 2.75) is 45.3 Å². The Balaban J connectivity index is 2.30. The summed E-state index contributed by atoms with van der Waals surface area (Å²) in [6, 6.07) is 0.0698. The van der Waals surface area contributed by atoms with Gasteiger partial charge in [0.15, 0.2) is 5.88 Å². The summed E-state index contributed by atoms with van der Waals surface area (Å²) in [6.45, 7) is 5.47. The first kappa shape index (κ1) is 12.7. The number of nitrogens with one attached hydrogen (secondary N) is 2. The molecule has 0 bridgehead atoms. The minimum Gasteiger partial charge on any atom is -0.495 e. The second-order valence-corrected chi connectivity index (χ2v) is 4.95. The molecule has 1 fully saturated rings. The molecule has 1 saturated carbocycles. The molecule has 0 atom stereocenters. The molecule has 0 aromatic rings. The van der Waals surface area contributed by atoms with Crippen LogP contribution in [0.1, 0.15) is 33.6 Å². The molecule has 0 radical (unpaired) electrons. The molecular formula is C11H20N2O3. The normalized spacial score (nSPS) is 19.8. The van der Waals surface area contributed by atoms with Crippen molar-refractivity contribution in [3.8, 4) is 0 Å². The quantitative estimate of drug-likeness (QED) is 0.629. The van der Waals surface area contributed by atoms with Crippen LogP contribution in [0.25, 0.3) is 0 Å². The number of aliphatic hydroxyl groups is 1. The molecule has 5 nitrogen and oxygen atoms in total. The van der Waals surface area contributed by atoms with Crippen molar-refractivity contribution in [1.82, 2.24) is 10.6 Å². The highest BCUT2D eigenvalue weighted by Gasteiger charge is 2.29. The van der Waals surface area contributed by atoms with Crippen molar-refractivity contribution in [2.24, 2.45) is 0 Å². The van der Waals surface area contributed by atoms with Crippen molar-refractivity contribution >= 4 is 6.09 Å². The van der Waals surface area contributed by atoms with E-state index < -0.39 is 11.7 Å². The first-order valence-corrected chi connectivity index (χ1v) is 5.40. The van der Waals surface area contributed by atoms with Crippen molar-refractivity contribution in [1.29, 1.82) is 0 Å². The zero-order valence-corrected chi connectivity index (χ0v) is 10.3. The summed E-state index contributed by atoms with van der Waals surface area (Å²) in [4.78, 5) is 11.4. The highest BCUT2D eigenvalue weighted by molar-refractivity contribution is 5.68. The third kappa shape index (κ3) is 3.64. The maximum absolute atomic E-state index is 11.4. The summed E-state index contributed by atoms with van der Waals surface area (Å²) in [6.07, 6.45) is 0.943. The third-order valence-corrected chi connectivity index (χ3v) is 2.28. The Morgan fingerprint density at radius 1 is 1.44 bits per heavy atom. The topological polar surface area (TPSA) is 70.6 Å². The molecule has 3 N–H and O–H groups in total. The van der Waals surface area contributed by atoms with E-state index in [0.717, 1.165) is 5.57 Å². The largest absolute Gasteiger partial charge is 0.495 e. The predicted octanol–water partition coefficient (Wildman–Crippen LogP) is 1.66. The Labute approximate surface area is 95.9 Å². The van der Waals surface area contributed by atoms with Gasteiger partial charge in [0, 0.05) is 13.1 Å². The molecule has 0 aromatic heterocycles. The van der Waals surface area contributed by atoms with E-state index in [1.807, 2.05) is 20.8 Å². The lowest BCUT2D eigenvalue weighted by atomic mass is 9.86. The summed E-state index contributed by atoms with van der Waals surface area (Å²) >= 11 is 0. The van der Waals surface area contributed by atoms with Gasteiger partial charge in [0.25, 0.3) is 0 Å². The first-order chi connectivity index (χ1) is 7.31. The van der Waals surface area contributed by atoms with Gasteiger partial charge >= 0.3 is 6.09 Å². The molecule has 1 amide bonds. The SMILES string of the molecule is CNC(O)=C1CC(NC(=O)OC(C)(C)C)C1. The fourth-order valence-electron chi connectivity index (χ4n) is 1.48. The maximum Gasteiger partial charge on any atom is 0.407 e. The third-order valence-electron chi connectivity index (χ3n) is 2.28. The number of amides is 1. The molecule has 0 spiro atoms. The van der Waals surface area contributed by atoms with Gasteiger partial charge in [-0.1, -0.05) is 0 Å². The molecule has 1 rings (SSSR count). The fourth-order valence-corrected chi connectivity index (χ4v) is 1.48. The van der Waals surface area contributed by atoms with Crippen LogP contribution in [0.5, 0.6) is 0 Å². The maximum atomic E-state index is 11.4. The Kier molecular flexibility index (Phi) is 3.67. The second-order valence-electron chi connectivity index (χ2n) is 4.95. The molecule has 0 unspecified atom stereocenters. The van der Waals surface area contributed by atoms with E-state index in [1.165, 1.54) is 0 Å². The number of rotatable bonds is 2. The highest BCUT2D eigenvalue weighted by atomic mass is 16.6. The number of alkyl carbamates (subject to hydrolysis) is 1. The number of hydrogen-bond donors (Lipinski definition) is 3. The molecule has 92 valence electrons. The Bertz CT molecular complexity index is 297. The lowest BCUT2D eigenvalue weighted by Gasteiger charge is -2.31. The number of carbonyl (C=O) groups excluding carboxylic acids is 1. The standard InChI is InChI=1S/C11H20N2O3/c1-11(2,3)16-10(15)13-8-5-7(6-8)9(14)12-4/h8,12,14H,5-6H2,1-4H3,(H,13,15). The van der Waals surface area contributed by atoms with Gasteiger partial charge in [-0.25, -0.2) is 4.79 Å². The van der Waals surface area contributed by atoms with Gasteiger partial charge in [0.1, 0.15) is 5.60 Å². The predicted molar refractivity (Wildman–Crippen MR) is 61.1 cm³/mol. The van der Waals surface area contributed by atoms with Crippen molar-refractivity contribution in [3.05, 3.63) is 11.5 Å². The number of carbonyl (C=O) groups is 1. The number of hydrogen-bond acceptors (Lipinski definition) is 4. The fraction of sp³-hybridized carbons (Fsp3) is 0.727. The molecule has 1 aliphatic rings. The van der Waals surface area contributed by atoms with Crippen molar-refractivity contribution in [3.63, 3.8) is 0 Å². The smallest absolute Gasteiger partial charge is 0.407 e. The molecule has 1 aliphatic carbocycles. The molecular weight excluding hydrogens is 208 g/mol. The van der Waals surface area contributed by atoms with Crippen LogP contribution in [-0.4, -0.2) is 29.9 Å². The lowest BCUT2D eigenvalue weighted by Crippen LogP contribution is -2.44. The average Bonchev–Trinajstić information content (AvgIpc) is 2.06. The molecule has 16 heavy (non-hydrogen) atoms. The average molecular weight is 228 g/mol. The summed E-state index contributed by atoms with van der Waals surface area (Å²) < 4.78 is 5.12. The summed E-state index contributed by atoms with van der Waals surface area (Å²) in [5.74, 6) is 0.210. The molecule has 5 heteroatoms. The molecule has 0 saturated heterocycles. The van der Waals surface area contributed by atoms with E-state index in [0.29, 0.717) is 12.8 Å². The van der Waals surface area contributed by atoms with Gasteiger partial charge < -0.3 is 20.5 Å². The summed E-state index contributed by atoms with van der Waals surface area (Å²) in [7, 11) is 1.66. The van der Waals surface area contributed by atoms with E-state index in [2.05, 4.69) is 10.6 Å². The van der Waals surface area contributed by atoms with Gasteiger partial charge in [-0.05, 0) is 39.2 Å². The van der Waals surface area contributed by atoms with Crippen molar-refractivity contribution < 1.29 is 14.6 Å². The Hall–Kier alpha value is -1.39. The van der Waals surface area contributed by atoms with E-state index >= 15 is 0 Å². The van der Waals surface area contributed by atoms with Gasteiger partial charge in [-0.3, -0.25) is 0 Å². The summed E-state index contributed by atoms with van der Waals surface area (Å²) in [5, 5.41) is 14.8. The number of aliphatic hydroxyl groups excluding tert-OH is 1. The van der Waals surface area contributed by atoms with Crippen LogP contribution in [0.2, 0.25) is 0 Å². The minimum atomic E-state index is -0.473. The van der Waals surface area contributed by atoms with E-state index in [4.69, 9.17) is 4.74 Å². The Morgan fingerprint density at radius 3 is 2.44 bits per heavy atom. The first-order valence-electron chi connectivity index (χ1n) is 5.40. The zero-order valence-electron chi connectivity index (χ0n) is 10.3. The van der Waals surface area contributed by atoms with E-state index in [9.17, 15) is 9.90 Å². The van der Waals surface area contributed by atoms with Crippen LogP contribution in [0, 0.1) is 0 Å². The minimum absolute atomic E-state index is 0.0698. The van der Waals surface area contributed by atoms with Gasteiger partial charge in [0.05, 0.1) is 0 Å². The summed E-state index contributed by atoms with van der Waals surface area (Å²) in [5.41, 5.74) is 0.461. The van der Waals surface area contributed by atoms with E-state index in [-0.39, 0.29) is 11.9 Å². The zero-order chi connectivity index (χ0) is 12.3. The highest BCUT2D eigenvalue weighted by Crippen LogP contribution is 2.28. The monoisotopic (exact) mass is 228 g/mol. The second kappa shape index (κ2) is 4.63. The van der Waals surface area contributed by atoms with Crippen LogP contribution in [-0.2, 0) is 4.74 Å². The van der Waals surface area contributed by atoms with Crippen LogP contribution in [0.3, 0.4) is 0 Å². The molecule has 0 aromatic carbocycles. The van der Waals surface area contributed by atoms with Crippen LogP contribution in [0.15, 0.2) is 11.5 Å². The van der Waals surface area contributed by atoms with Crippen LogP contribution >= 0.6 is 0 Å². The Morgan fingerprint density at radius 2 is 2.00 bits per heavy atom. The van der Waals surface area contributed by atoms with Crippen LogP contribution < -0.4 is 10.6 Å². The van der Waals surface area contributed by atoms with Gasteiger partial charge in [-0.15, -0.1) is 0 Å². The van der Waals surface area contributed by atoms with Crippen molar-refractivity contribution in [2.75, 3.05) is 7.05 Å². The number of ether oxygens (including phenoxy) is 1. The lowest BCUT2D eigenvalue weighted by molar-refractivity contribution is 0.0492. The van der Waals surface area contributed by atoms with E-state index in [1.54, 1.807) is 7.05 Å².